The van der Waals surface area contributed by atoms with Gasteiger partial charge in [0.15, 0.2) is 5.78 Å². The topological polar surface area (TPSA) is 17.1 Å². The second kappa shape index (κ2) is 4.18. The first-order valence-electron chi connectivity index (χ1n) is 5.39. The third-order valence-corrected chi connectivity index (χ3v) is 3.19. The molecule has 1 aliphatic carbocycles. The third-order valence-electron chi connectivity index (χ3n) is 3.19. The highest BCUT2D eigenvalue weighted by Gasteiger charge is 2.30. The second-order valence-electron chi connectivity index (χ2n) is 5.05. The van der Waals surface area contributed by atoms with E-state index in [2.05, 4.69) is 38.7 Å². The Kier molecular flexibility index (Phi) is 3.33. The van der Waals surface area contributed by atoms with E-state index in [-0.39, 0.29) is 17.1 Å². The molecule has 1 nitrogen and oxygen atoms in total. The Bertz CT molecular complexity index is 342. The highest BCUT2D eigenvalue weighted by atomic mass is 16.1. The molecule has 0 aromatic heterocycles. The van der Waals surface area contributed by atoms with Crippen molar-refractivity contribution < 1.29 is 4.79 Å². The van der Waals surface area contributed by atoms with Crippen LogP contribution in [0.2, 0.25) is 0 Å². The van der Waals surface area contributed by atoms with E-state index >= 15 is 0 Å². The van der Waals surface area contributed by atoms with Crippen LogP contribution in [0.3, 0.4) is 0 Å². The number of carbonyl (C=O) groups is 1. The van der Waals surface area contributed by atoms with Gasteiger partial charge in [0.2, 0.25) is 0 Å². The summed E-state index contributed by atoms with van der Waals surface area (Å²) < 4.78 is 0. The molecule has 0 spiro atoms. The molecule has 0 fully saturated rings. The van der Waals surface area contributed by atoms with Crippen molar-refractivity contribution in [2.75, 3.05) is 0 Å². The maximum atomic E-state index is 11.2. The zero-order valence-electron chi connectivity index (χ0n) is 10.1. The van der Waals surface area contributed by atoms with Gasteiger partial charge in [-0.2, -0.15) is 0 Å². The fourth-order valence-electron chi connectivity index (χ4n) is 1.95. The molecule has 1 rings (SSSR count). The van der Waals surface area contributed by atoms with Gasteiger partial charge < -0.3 is 0 Å². The molecule has 0 aromatic carbocycles. The zero-order chi connectivity index (χ0) is 11.6. The van der Waals surface area contributed by atoms with Gasteiger partial charge in [-0.15, -0.1) is 0 Å². The monoisotopic (exact) mass is 204 g/mol. The van der Waals surface area contributed by atoms with Crippen molar-refractivity contribution in [2.24, 2.45) is 11.3 Å². The summed E-state index contributed by atoms with van der Waals surface area (Å²) in [6, 6.07) is 0. The van der Waals surface area contributed by atoms with E-state index < -0.39 is 0 Å². The summed E-state index contributed by atoms with van der Waals surface area (Å²) in [6.45, 7) is 12.0. The minimum absolute atomic E-state index is 0.146. The van der Waals surface area contributed by atoms with E-state index in [0.717, 1.165) is 17.6 Å². The molecular formula is C14H20O. The first kappa shape index (κ1) is 12.0. The summed E-state index contributed by atoms with van der Waals surface area (Å²) in [5.41, 5.74) is 2.11. The average Bonchev–Trinajstić information content (AvgIpc) is 2.10. The molecule has 15 heavy (non-hydrogen) atoms. The van der Waals surface area contributed by atoms with E-state index in [1.165, 1.54) is 0 Å². The molecule has 0 aliphatic heterocycles. The molecule has 82 valence electrons. The van der Waals surface area contributed by atoms with Crippen LogP contribution in [0.15, 0.2) is 36.0 Å². The van der Waals surface area contributed by atoms with E-state index in [1.54, 1.807) is 6.92 Å². The fourth-order valence-corrected chi connectivity index (χ4v) is 1.95. The van der Waals surface area contributed by atoms with Crippen molar-refractivity contribution in [1.82, 2.24) is 0 Å². The molecule has 0 saturated carbocycles. The summed E-state index contributed by atoms with van der Waals surface area (Å²) in [5, 5.41) is 0. The van der Waals surface area contributed by atoms with Crippen molar-refractivity contribution in [3.63, 3.8) is 0 Å². The number of hydrogen-bond donors (Lipinski definition) is 0. The minimum Gasteiger partial charge on any atom is -0.295 e. The molecule has 1 heteroatoms. The maximum Gasteiger partial charge on any atom is 0.155 e. The smallest absolute Gasteiger partial charge is 0.155 e. The van der Waals surface area contributed by atoms with Gasteiger partial charge in [-0.3, -0.25) is 4.79 Å². The molecule has 0 aromatic rings. The molecule has 1 atom stereocenters. The van der Waals surface area contributed by atoms with Gasteiger partial charge in [0.25, 0.3) is 0 Å². The summed E-state index contributed by atoms with van der Waals surface area (Å²) in [4.78, 5) is 11.2. The van der Waals surface area contributed by atoms with Crippen LogP contribution >= 0.6 is 0 Å². The lowest BCUT2D eigenvalue weighted by molar-refractivity contribution is -0.113. The number of hydrogen-bond acceptors (Lipinski definition) is 1. The normalized spacial score (nSPS) is 25.5. The van der Waals surface area contributed by atoms with E-state index in [0.29, 0.717) is 0 Å². The average molecular weight is 204 g/mol. The van der Waals surface area contributed by atoms with Crippen LogP contribution in [0.1, 0.15) is 34.1 Å². The molecule has 0 radical (unpaired) electrons. The summed E-state index contributed by atoms with van der Waals surface area (Å²) >= 11 is 0. The van der Waals surface area contributed by atoms with Crippen LogP contribution in [-0.4, -0.2) is 5.78 Å². The van der Waals surface area contributed by atoms with Crippen molar-refractivity contribution in [3.8, 4) is 0 Å². The van der Waals surface area contributed by atoms with Crippen LogP contribution in [0, 0.1) is 11.3 Å². The molecular weight excluding hydrogens is 184 g/mol. The second-order valence-corrected chi connectivity index (χ2v) is 5.05. The van der Waals surface area contributed by atoms with Gasteiger partial charge >= 0.3 is 0 Å². The predicted octanol–water partition coefficient (Wildman–Crippen LogP) is 3.68. The predicted molar refractivity (Wildman–Crippen MR) is 64.6 cm³/mol. The van der Waals surface area contributed by atoms with E-state index in [4.69, 9.17) is 0 Å². The van der Waals surface area contributed by atoms with Gasteiger partial charge in [0, 0.05) is 5.92 Å². The number of carbonyl (C=O) groups excluding carboxylic acids is 1. The van der Waals surface area contributed by atoms with Crippen LogP contribution in [0.25, 0.3) is 0 Å². The van der Waals surface area contributed by atoms with Crippen molar-refractivity contribution in [3.05, 3.63) is 36.0 Å². The highest BCUT2D eigenvalue weighted by molar-refractivity contribution is 5.92. The molecule has 1 unspecified atom stereocenters. The highest BCUT2D eigenvalue weighted by Crippen LogP contribution is 2.40. The maximum absolute atomic E-state index is 11.2. The number of Topliss-reactive ketones (excluding diaryl/α,β-unsaturated/α-hetero) is 1. The molecule has 0 bridgehead atoms. The number of allylic oxidation sites excluding steroid dienone is 5. The Balaban J connectivity index is 3.02. The summed E-state index contributed by atoms with van der Waals surface area (Å²) in [5.74, 6) is 0.430. The van der Waals surface area contributed by atoms with Gasteiger partial charge in [-0.1, -0.05) is 38.7 Å². The SMILES string of the molecule is C=C1C=CCC(C)(C)C1C=C(C)C(C)=O. The van der Waals surface area contributed by atoms with Gasteiger partial charge in [-0.25, -0.2) is 0 Å². The van der Waals surface area contributed by atoms with E-state index in [9.17, 15) is 4.79 Å². The lowest BCUT2D eigenvalue weighted by atomic mass is 9.69. The first-order chi connectivity index (χ1) is 6.84. The van der Waals surface area contributed by atoms with Crippen molar-refractivity contribution in [1.29, 1.82) is 0 Å². The lowest BCUT2D eigenvalue weighted by Crippen LogP contribution is -2.26. The Labute approximate surface area is 92.6 Å². The van der Waals surface area contributed by atoms with Crippen LogP contribution < -0.4 is 0 Å². The Hall–Kier alpha value is -1.11. The summed E-state index contributed by atoms with van der Waals surface area (Å²) in [7, 11) is 0. The Morgan fingerprint density at radius 3 is 2.60 bits per heavy atom. The Morgan fingerprint density at radius 2 is 2.13 bits per heavy atom. The lowest BCUT2D eigenvalue weighted by Gasteiger charge is -2.35. The quantitative estimate of drug-likeness (QED) is 0.627. The minimum atomic E-state index is 0.146. The van der Waals surface area contributed by atoms with Gasteiger partial charge in [-0.05, 0) is 36.8 Å². The van der Waals surface area contributed by atoms with Crippen molar-refractivity contribution >= 4 is 5.78 Å². The standard InChI is InChI=1S/C14H20O/c1-10-7-6-8-14(4,5)13(10)9-11(2)12(3)15/h6-7,9,13H,1,8H2,2-5H3. The summed E-state index contributed by atoms with van der Waals surface area (Å²) in [6.07, 6.45) is 7.34. The molecule has 1 aliphatic rings. The van der Waals surface area contributed by atoms with Crippen LogP contribution in [-0.2, 0) is 4.79 Å². The Morgan fingerprint density at radius 1 is 1.53 bits per heavy atom. The van der Waals surface area contributed by atoms with Gasteiger partial charge in [0.1, 0.15) is 0 Å². The zero-order valence-corrected chi connectivity index (χ0v) is 10.1. The largest absolute Gasteiger partial charge is 0.295 e. The fraction of sp³-hybridized carbons (Fsp3) is 0.500. The van der Waals surface area contributed by atoms with Gasteiger partial charge in [0.05, 0.1) is 0 Å². The number of ketones is 1. The third kappa shape index (κ3) is 2.68. The van der Waals surface area contributed by atoms with E-state index in [1.807, 2.05) is 6.92 Å². The molecule has 0 amide bonds. The molecule has 0 heterocycles. The molecule has 0 N–H and O–H groups in total. The van der Waals surface area contributed by atoms with Crippen molar-refractivity contribution in [2.45, 2.75) is 34.1 Å². The number of rotatable bonds is 2. The van der Waals surface area contributed by atoms with Crippen LogP contribution in [0.4, 0.5) is 0 Å². The first-order valence-corrected chi connectivity index (χ1v) is 5.39. The van der Waals surface area contributed by atoms with Crippen LogP contribution in [0.5, 0.6) is 0 Å². The molecule has 0 saturated heterocycles.